The zero-order chi connectivity index (χ0) is 20.9. The maximum Gasteiger partial charge on any atom is 0.238 e. The third-order valence-corrected chi connectivity index (χ3v) is 6.37. The van der Waals surface area contributed by atoms with Crippen LogP contribution in [0.5, 0.6) is 0 Å². The highest BCUT2D eigenvalue weighted by molar-refractivity contribution is 8.00. The van der Waals surface area contributed by atoms with E-state index in [1.54, 1.807) is 0 Å². The van der Waals surface area contributed by atoms with Crippen molar-refractivity contribution >= 4 is 17.7 Å². The number of nitrogens with zero attached hydrogens (tertiary/aromatic N) is 4. The van der Waals surface area contributed by atoms with Crippen molar-refractivity contribution in [2.24, 2.45) is 0 Å². The molecule has 156 valence electrons. The summed E-state index contributed by atoms with van der Waals surface area (Å²) in [6, 6.07) is 20.0. The summed E-state index contributed by atoms with van der Waals surface area (Å²) < 4.78 is 1.92. The quantitative estimate of drug-likeness (QED) is 0.614. The zero-order valence-corrected chi connectivity index (χ0v) is 18.2. The molecule has 0 radical (unpaired) electrons. The Kier molecular flexibility index (Phi) is 6.38. The first kappa shape index (κ1) is 20.5. The van der Waals surface area contributed by atoms with E-state index in [0.29, 0.717) is 5.16 Å². The fourth-order valence-electron chi connectivity index (χ4n) is 3.78. The summed E-state index contributed by atoms with van der Waals surface area (Å²) in [5.74, 6) is 0.907. The van der Waals surface area contributed by atoms with E-state index in [-0.39, 0.29) is 17.2 Å². The van der Waals surface area contributed by atoms with Crippen LogP contribution < -0.4 is 5.43 Å². The summed E-state index contributed by atoms with van der Waals surface area (Å²) >= 11 is 1.50. The minimum atomic E-state index is -0.300. The first-order valence-corrected chi connectivity index (χ1v) is 11.4. The smallest absolute Gasteiger partial charge is 0.238 e. The lowest BCUT2D eigenvalue weighted by molar-refractivity contribution is -0.131. The standard InChI is InChI=1S/C23H27N5OS/c1-3-15-27(16-4-2)22(29)20-19(17-11-7-5-8-12-17)26-28-21(24-25-23(28)30-20)18-13-9-6-10-14-18/h5-14,19-20,26H,3-4,15-16H2,1-2H3. The topological polar surface area (TPSA) is 63.1 Å². The van der Waals surface area contributed by atoms with Crippen LogP contribution in [0.25, 0.3) is 11.4 Å². The number of carbonyl (C=O) groups excluding carboxylic acids is 1. The number of amides is 1. The van der Waals surface area contributed by atoms with Crippen LogP contribution in [-0.2, 0) is 4.79 Å². The lowest BCUT2D eigenvalue weighted by Gasteiger charge is -2.36. The summed E-state index contributed by atoms with van der Waals surface area (Å²) in [5.41, 5.74) is 5.62. The molecule has 2 heterocycles. The van der Waals surface area contributed by atoms with E-state index < -0.39 is 0 Å². The molecule has 1 aliphatic rings. The van der Waals surface area contributed by atoms with Crippen molar-refractivity contribution in [3.05, 3.63) is 66.2 Å². The lowest BCUT2D eigenvalue weighted by Crippen LogP contribution is -2.46. The molecule has 4 rings (SSSR count). The number of carbonyl (C=O) groups is 1. The first-order valence-electron chi connectivity index (χ1n) is 10.5. The molecule has 1 aromatic heterocycles. The predicted octanol–water partition coefficient (Wildman–Crippen LogP) is 4.35. The van der Waals surface area contributed by atoms with Gasteiger partial charge in [-0.25, -0.2) is 4.68 Å². The van der Waals surface area contributed by atoms with Crippen molar-refractivity contribution in [1.29, 1.82) is 0 Å². The molecular formula is C23H27N5OS. The molecule has 3 aromatic rings. The molecule has 2 atom stereocenters. The third kappa shape index (κ3) is 4.07. The van der Waals surface area contributed by atoms with Crippen LogP contribution in [0.4, 0.5) is 0 Å². The van der Waals surface area contributed by atoms with Crippen LogP contribution in [0.1, 0.15) is 38.3 Å². The highest BCUT2D eigenvalue weighted by Crippen LogP contribution is 2.39. The van der Waals surface area contributed by atoms with Crippen LogP contribution in [0.15, 0.2) is 65.8 Å². The van der Waals surface area contributed by atoms with Crippen molar-refractivity contribution < 1.29 is 4.79 Å². The number of fused-ring (bicyclic) bond motifs is 1. The number of nitrogens with one attached hydrogen (secondary N) is 1. The normalized spacial score (nSPS) is 17.8. The Balaban J connectivity index is 1.72. The molecule has 0 saturated heterocycles. The minimum absolute atomic E-state index is 0.153. The second-order valence-corrected chi connectivity index (χ2v) is 8.50. The third-order valence-electron chi connectivity index (χ3n) is 5.17. The summed E-state index contributed by atoms with van der Waals surface area (Å²) in [7, 11) is 0. The van der Waals surface area contributed by atoms with Gasteiger partial charge in [0, 0.05) is 18.7 Å². The van der Waals surface area contributed by atoms with Crippen molar-refractivity contribution in [2.75, 3.05) is 18.5 Å². The van der Waals surface area contributed by atoms with Crippen LogP contribution in [-0.4, -0.2) is 44.0 Å². The van der Waals surface area contributed by atoms with Gasteiger partial charge in [-0.1, -0.05) is 86.3 Å². The Hall–Kier alpha value is -2.80. The van der Waals surface area contributed by atoms with Crippen molar-refractivity contribution in [3.63, 3.8) is 0 Å². The fourth-order valence-corrected chi connectivity index (χ4v) is 4.94. The van der Waals surface area contributed by atoms with Crippen LogP contribution in [0.3, 0.4) is 0 Å². The van der Waals surface area contributed by atoms with Crippen LogP contribution >= 0.6 is 11.8 Å². The average molecular weight is 422 g/mol. The molecule has 6 nitrogen and oxygen atoms in total. The fraction of sp³-hybridized carbons (Fsp3) is 0.348. The lowest BCUT2D eigenvalue weighted by atomic mass is 10.0. The number of aromatic nitrogens is 3. The van der Waals surface area contributed by atoms with Gasteiger partial charge in [0.25, 0.3) is 0 Å². The van der Waals surface area contributed by atoms with E-state index in [1.807, 2.05) is 58.1 Å². The first-order chi connectivity index (χ1) is 14.7. The number of thioether (sulfide) groups is 1. The number of rotatable bonds is 7. The Labute approximate surface area is 181 Å². The molecule has 1 aliphatic heterocycles. The van der Waals surface area contributed by atoms with E-state index in [9.17, 15) is 4.79 Å². The highest BCUT2D eigenvalue weighted by atomic mass is 32.2. The van der Waals surface area contributed by atoms with E-state index in [2.05, 4.69) is 41.6 Å². The van der Waals surface area contributed by atoms with Crippen molar-refractivity contribution in [1.82, 2.24) is 19.8 Å². The van der Waals surface area contributed by atoms with Crippen LogP contribution in [0.2, 0.25) is 0 Å². The molecule has 0 fully saturated rings. The van der Waals surface area contributed by atoms with Gasteiger partial charge in [-0.2, -0.15) is 0 Å². The Morgan fingerprint density at radius 2 is 1.63 bits per heavy atom. The molecular weight excluding hydrogens is 394 g/mol. The Bertz CT molecular complexity index is 970. The number of hydrogen-bond donors (Lipinski definition) is 1. The maximum atomic E-state index is 13.6. The Morgan fingerprint density at radius 1 is 1.00 bits per heavy atom. The van der Waals surface area contributed by atoms with Gasteiger partial charge in [0.05, 0.1) is 6.04 Å². The van der Waals surface area contributed by atoms with Gasteiger partial charge < -0.3 is 10.3 Å². The van der Waals surface area contributed by atoms with Gasteiger partial charge in [0.1, 0.15) is 5.25 Å². The van der Waals surface area contributed by atoms with Gasteiger partial charge in [-0.15, -0.1) is 10.2 Å². The average Bonchev–Trinajstić information content (AvgIpc) is 3.22. The van der Waals surface area contributed by atoms with E-state index in [1.165, 1.54) is 11.8 Å². The largest absolute Gasteiger partial charge is 0.342 e. The molecule has 0 saturated carbocycles. The molecule has 0 spiro atoms. The molecule has 30 heavy (non-hydrogen) atoms. The zero-order valence-electron chi connectivity index (χ0n) is 17.4. The number of benzene rings is 2. The van der Waals surface area contributed by atoms with Gasteiger partial charge in [-0.3, -0.25) is 4.79 Å². The molecule has 0 bridgehead atoms. The van der Waals surface area contributed by atoms with E-state index in [0.717, 1.165) is 42.9 Å². The van der Waals surface area contributed by atoms with Gasteiger partial charge in [-0.05, 0) is 18.4 Å². The molecule has 0 aliphatic carbocycles. The molecule has 1 amide bonds. The maximum absolute atomic E-state index is 13.6. The van der Waals surface area contributed by atoms with E-state index >= 15 is 0 Å². The second kappa shape index (κ2) is 9.34. The molecule has 1 N–H and O–H groups in total. The van der Waals surface area contributed by atoms with Crippen molar-refractivity contribution in [2.45, 2.75) is 43.1 Å². The summed E-state index contributed by atoms with van der Waals surface area (Å²) in [6.07, 6.45) is 1.89. The summed E-state index contributed by atoms with van der Waals surface area (Å²) in [6.45, 7) is 5.76. The van der Waals surface area contributed by atoms with E-state index in [4.69, 9.17) is 0 Å². The second-order valence-electron chi connectivity index (χ2n) is 7.39. The van der Waals surface area contributed by atoms with Crippen LogP contribution in [0, 0.1) is 0 Å². The minimum Gasteiger partial charge on any atom is -0.342 e. The molecule has 2 aromatic carbocycles. The van der Waals surface area contributed by atoms with Gasteiger partial charge in [0.15, 0.2) is 5.82 Å². The monoisotopic (exact) mass is 421 g/mol. The Morgan fingerprint density at radius 3 is 2.27 bits per heavy atom. The summed E-state index contributed by atoms with van der Waals surface area (Å²) in [4.78, 5) is 15.5. The highest BCUT2D eigenvalue weighted by Gasteiger charge is 2.39. The van der Waals surface area contributed by atoms with Gasteiger partial charge >= 0.3 is 0 Å². The summed E-state index contributed by atoms with van der Waals surface area (Å²) in [5, 5.41) is 9.21. The molecule has 2 unspecified atom stereocenters. The van der Waals surface area contributed by atoms with Gasteiger partial charge in [0.2, 0.25) is 11.1 Å². The number of hydrogen-bond acceptors (Lipinski definition) is 5. The SMILES string of the molecule is CCCN(CCC)C(=O)C1Sc2nnc(-c3ccccc3)n2NC1c1ccccc1. The molecule has 7 heteroatoms. The predicted molar refractivity (Wildman–Crippen MR) is 121 cm³/mol. The van der Waals surface area contributed by atoms with Crippen molar-refractivity contribution in [3.8, 4) is 11.4 Å².